The maximum atomic E-state index is 10.7. The zero-order chi connectivity index (χ0) is 10.1. The van der Waals surface area contributed by atoms with Crippen LogP contribution in [0.3, 0.4) is 0 Å². The Labute approximate surface area is 81.5 Å². The first kappa shape index (κ1) is 8.74. The van der Waals surface area contributed by atoms with E-state index in [0.717, 1.165) is 18.7 Å². The molecule has 2 heterocycles. The lowest BCUT2D eigenvalue weighted by Crippen LogP contribution is -2.40. The van der Waals surface area contributed by atoms with E-state index in [1.165, 1.54) is 12.3 Å². The summed E-state index contributed by atoms with van der Waals surface area (Å²) in [6, 6.07) is 3.06. The summed E-state index contributed by atoms with van der Waals surface area (Å²) in [6.07, 6.45) is 1.51. The highest BCUT2D eigenvalue weighted by Crippen LogP contribution is 2.21. The highest BCUT2D eigenvalue weighted by atomic mass is 16.4. The minimum Gasteiger partial charge on any atom is -0.478 e. The van der Waals surface area contributed by atoms with Crippen molar-refractivity contribution in [3.63, 3.8) is 0 Å². The Bertz CT molecular complexity index is 393. The third-order valence-corrected chi connectivity index (χ3v) is 2.15. The largest absolute Gasteiger partial charge is 0.478 e. The summed E-state index contributed by atoms with van der Waals surface area (Å²) in [4.78, 5) is 16.8. The number of anilines is 1. The summed E-state index contributed by atoms with van der Waals surface area (Å²) in [5.74, 6) is -0.217. The fourth-order valence-electron chi connectivity index (χ4n) is 1.38. The maximum Gasteiger partial charge on any atom is 0.335 e. The third-order valence-electron chi connectivity index (χ3n) is 2.15. The number of rotatable bonds is 2. The van der Waals surface area contributed by atoms with Crippen LogP contribution in [0.2, 0.25) is 0 Å². The fraction of sp³-hybridized carbons (Fsp3) is 0.200. The molecule has 1 aromatic heterocycles. The molecule has 0 radical (unpaired) electrons. The van der Waals surface area contributed by atoms with Crippen molar-refractivity contribution in [1.82, 2.24) is 4.98 Å². The van der Waals surface area contributed by atoms with Crippen molar-refractivity contribution in [3.05, 3.63) is 36.0 Å². The topological polar surface area (TPSA) is 53.4 Å². The van der Waals surface area contributed by atoms with Crippen LogP contribution >= 0.6 is 0 Å². The Balaban J connectivity index is 2.22. The molecular formula is C10H10N2O2. The summed E-state index contributed by atoms with van der Waals surface area (Å²) in [5, 5.41) is 8.77. The SMILES string of the molecule is C=C1CN(c2cc(C(=O)O)ccn2)C1. The number of nitrogens with zero attached hydrogens (tertiary/aromatic N) is 2. The summed E-state index contributed by atoms with van der Waals surface area (Å²) in [6.45, 7) is 5.36. The van der Waals surface area contributed by atoms with E-state index < -0.39 is 5.97 Å². The van der Waals surface area contributed by atoms with Gasteiger partial charge >= 0.3 is 5.97 Å². The predicted molar refractivity (Wildman–Crippen MR) is 52.5 cm³/mol. The standard InChI is InChI=1S/C10H10N2O2/c1-7-5-12(6-7)9-4-8(10(13)14)2-3-11-9/h2-4H,1,5-6H2,(H,13,14). The molecule has 0 bridgehead atoms. The Morgan fingerprint density at radius 1 is 1.57 bits per heavy atom. The van der Waals surface area contributed by atoms with Gasteiger partial charge in [-0.3, -0.25) is 0 Å². The molecule has 1 fully saturated rings. The lowest BCUT2D eigenvalue weighted by Gasteiger charge is -2.34. The first-order valence-corrected chi connectivity index (χ1v) is 4.28. The van der Waals surface area contributed by atoms with E-state index in [2.05, 4.69) is 11.6 Å². The van der Waals surface area contributed by atoms with Crippen molar-refractivity contribution in [2.24, 2.45) is 0 Å². The first-order valence-electron chi connectivity index (χ1n) is 4.28. The maximum absolute atomic E-state index is 10.7. The summed E-state index contributed by atoms with van der Waals surface area (Å²) in [7, 11) is 0. The smallest absolute Gasteiger partial charge is 0.335 e. The lowest BCUT2D eigenvalue weighted by atomic mass is 10.1. The first-order chi connectivity index (χ1) is 6.66. The zero-order valence-electron chi connectivity index (χ0n) is 7.60. The highest BCUT2D eigenvalue weighted by Gasteiger charge is 2.20. The van der Waals surface area contributed by atoms with Crippen molar-refractivity contribution >= 4 is 11.8 Å². The van der Waals surface area contributed by atoms with Gasteiger partial charge in [0.2, 0.25) is 0 Å². The van der Waals surface area contributed by atoms with E-state index in [0.29, 0.717) is 5.82 Å². The van der Waals surface area contributed by atoms with Gasteiger partial charge in [0.1, 0.15) is 5.82 Å². The van der Waals surface area contributed by atoms with E-state index in [1.807, 2.05) is 4.90 Å². The monoisotopic (exact) mass is 190 g/mol. The zero-order valence-corrected chi connectivity index (χ0v) is 7.60. The van der Waals surface area contributed by atoms with Gasteiger partial charge in [0.05, 0.1) is 5.56 Å². The van der Waals surface area contributed by atoms with E-state index in [4.69, 9.17) is 5.11 Å². The van der Waals surface area contributed by atoms with Gasteiger partial charge in [-0.2, -0.15) is 0 Å². The second kappa shape index (κ2) is 3.14. The molecule has 1 aliphatic rings. The molecule has 1 aromatic rings. The van der Waals surface area contributed by atoms with Crippen LogP contribution in [0.5, 0.6) is 0 Å². The van der Waals surface area contributed by atoms with Crippen LogP contribution in [-0.2, 0) is 0 Å². The van der Waals surface area contributed by atoms with Crippen LogP contribution in [0.25, 0.3) is 0 Å². The molecule has 0 aliphatic carbocycles. The van der Waals surface area contributed by atoms with E-state index >= 15 is 0 Å². The third kappa shape index (κ3) is 1.46. The normalized spacial score (nSPS) is 15.1. The molecule has 0 atom stereocenters. The van der Waals surface area contributed by atoms with Gasteiger partial charge in [-0.05, 0) is 17.7 Å². The van der Waals surface area contributed by atoms with Gasteiger partial charge in [0.25, 0.3) is 0 Å². The molecule has 1 N–H and O–H groups in total. The molecule has 0 unspecified atom stereocenters. The molecule has 2 rings (SSSR count). The van der Waals surface area contributed by atoms with Crippen molar-refractivity contribution in [2.45, 2.75) is 0 Å². The molecule has 4 heteroatoms. The van der Waals surface area contributed by atoms with Crippen molar-refractivity contribution in [3.8, 4) is 0 Å². The van der Waals surface area contributed by atoms with Crippen LogP contribution in [0.15, 0.2) is 30.5 Å². The van der Waals surface area contributed by atoms with E-state index in [9.17, 15) is 4.79 Å². The van der Waals surface area contributed by atoms with E-state index in [-0.39, 0.29) is 5.56 Å². The average molecular weight is 190 g/mol. The van der Waals surface area contributed by atoms with Crippen LogP contribution in [0.1, 0.15) is 10.4 Å². The lowest BCUT2D eigenvalue weighted by molar-refractivity contribution is 0.0697. The van der Waals surface area contributed by atoms with Crippen molar-refractivity contribution < 1.29 is 9.90 Å². The quantitative estimate of drug-likeness (QED) is 0.711. The molecule has 1 aliphatic heterocycles. The van der Waals surface area contributed by atoms with Crippen molar-refractivity contribution in [2.75, 3.05) is 18.0 Å². The summed E-state index contributed by atoms with van der Waals surface area (Å²) in [5.41, 5.74) is 1.42. The summed E-state index contributed by atoms with van der Waals surface area (Å²) >= 11 is 0. The minimum atomic E-state index is -0.923. The van der Waals surface area contributed by atoms with E-state index in [1.54, 1.807) is 6.07 Å². The second-order valence-electron chi connectivity index (χ2n) is 3.31. The number of aromatic nitrogens is 1. The van der Waals surface area contributed by atoms with Gasteiger partial charge in [0, 0.05) is 19.3 Å². The number of pyridine rings is 1. The number of carboxylic acid groups (broad SMARTS) is 1. The van der Waals surface area contributed by atoms with Crippen LogP contribution in [0.4, 0.5) is 5.82 Å². The number of carboxylic acids is 1. The molecule has 72 valence electrons. The van der Waals surface area contributed by atoms with Gasteiger partial charge < -0.3 is 10.0 Å². The fourth-order valence-corrected chi connectivity index (χ4v) is 1.38. The number of hydrogen-bond donors (Lipinski definition) is 1. The summed E-state index contributed by atoms with van der Waals surface area (Å²) < 4.78 is 0. The van der Waals surface area contributed by atoms with Crippen LogP contribution in [-0.4, -0.2) is 29.1 Å². The Kier molecular flexibility index (Phi) is 1.96. The molecule has 0 saturated carbocycles. The van der Waals surface area contributed by atoms with Gasteiger partial charge in [-0.15, -0.1) is 0 Å². The number of aromatic carboxylic acids is 1. The van der Waals surface area contributed by atoms with Gasteiger partial charge in [-0.25, -0.2) is 9.78 Å². The molecule has 0 spiro atoms. The molecule has 1 saturated heterocycles. The number of hydrogen-bond acceptors (Lipinski definition) is 3. The Morgan fingerprint density at radius 2 is 2.29 bits per heavy atom. The Hall–Kier alpha value is -1.84. The molecular weight excluding hydrogens is 180 g/mol. The van der Waals surface area contributed by atoms with Crippen LogP contribution in [0, 0.1) is 0 Å². The van der Waals surface area contributed by atoms with Gasteiger partial charge in [0.15, 0.2) is 0 Å². The molecule has 0 amide bonds. The predicted octanol–water partition coefficient (Wildman–Crippen LogP) is 1.16. The molecule has 14 heavy (non-hydrogen) atoms. The van der Waals surface area contributed by atoms with Gasteiger partial charge in [-0.1, -0.05) is 6.58 Å². The van der Waals surface area contributed by atoms with Crippen molar-refractivity contribution in [1.29, 1.82) is 0 Å². The van der Waals surface area contributed by atoms with Crippen LogP contribution < -0.4 is 4.90 Å². The minimum absolute atomic E-state index is 0.271. The molecule has 0 aromatic carbocycles. The number of carbonyl (C=O) groups is 1. The Morgan fingerprint density at radius 3 is 2.86 bits per heavy atom. The second-order valence-corrected chi connectivity index (χ2v) is 3.31. The highest BCUT2D eigenvalue weighted by molar-refractivity contribution is 5.88. The average Bonchev–Trinajstić information content (AvgIpc) is 2.13. The molecule has 4 nitrogen and oxygen atoms in total.